The van der Waals surface area contributed by atoms with Crippen LogP contribution in [0.25, 0.3) is 0 Å². The van der Waals surface area contributed by atoms with Gasteiger partial charge in [-0.1, -0.05) is 44.8 Å². The van der Waals surface area contributed by atoms with E-state index in [1.54, 1.807) is 12.2 Å². The van der Waals surface area contributed by atoms with Crippen LogP contribution in [0.1, 0.15) is 186 Å². The number of halogens is 4. The van der Waals surface area contributed by atoms with Crippen molar-refractivity contribution < 1.29 is 115 Å². The van der Waals surface area contributed by atoms with Crippen LogP contribution in [0.2, 0.25) is 0 Å². The summed E-state index contributed by atoms with van der Waals surface area (Å²) in [5.74, 6) is -6.79. The fourth-order valence-corrected chi connectivity index (χ4v) is 21.9. The molecule has 622 valence electrons. The lowest BCUT2D eigenvalue weighted by Gasteiger charge is -2.60. The topological polar surface area (TPSA) is 518 Å². The lowest BCUT2D eigenvalue weighted by molar-refractivity contribution is -0.192. The number of guanidine groups is 1. The number of fused-ring (bicyclic) bond motifs is 11. The zero-order valence-electron chi connectivity index (χ0n) is 62.8. The first kappa shape index (κ1) is 90.3. The molecule has 0 bridgehead atoms. The van der Waals surface area contributed by atoms with Crippen molar-refractivity contribution >= 4 is 118 Å². The Kier molecular flexibility index (Phi) is 32.2. The van der Waals surface area contributed by atoms with Gasteiger partial charge in [0.15, 0.2) is 30.7 Å². The molecule has 8 fully saturated rings. The lowest BCUT2D eigenvalue weighted by atomic mass is 9.45. The molecule has 8 aliphatic carbocycles. The summed E-state index contributed by atoms with van der Waals surface area (Å²) in [5.41, 5.74) is 17.8. The lowest BCUT2D eigenvalue weighted by Crippen LogP contribution is -2.62. The number of carbonyl (C=O) groups is 13. The summed E-state index contributed by atoms with van der Waals surface area (Å²) in [4.78, 5) is 160. The number of ketones is 4. The normalized spacial score (nSPS) is 32.5. The number of ether oxygens (including phenoxy) is 2. The molecule has 36 heteroatoms. The van der Waals surface area contributed by atoms with Gasteiger partial charge in [-0.05, 0) is 175 Å². The highest BCUT2D eigenvalue weighted by atomic mass is 35.5. The number of aliphatic hydroxyl groups excluding tert-OH is 2. The Bertz CT molecular complexity index is 3530. The first-order chi connectivity index (χ1) is 51.6. The van der Waals surface area contributed by atoms with E-state index in [-0.39, 0.29) is 154 Å². The number of aliphatic carboxylic acids is 1. The maximum Gasteiger partial charge on any atom is 0.490 e. The van der Waals surface area contributed by atoms with Crippen LogP contribution in [0.3, 0.4) is 0 Å². The molecular formula is C74H116ClF3N10O20S2. The third-order valence-electron chi connectivity index (χ3n) is 24.7. The number of aliphatic hydroxyl groups is 4. The van der Waals surface area contributed by atoms with Gasteiger partial charge in [-0.25, -0.2) is 9.59 Å². The van der Waals surface area contributed by atoms with E-state index >= 15 is 0 Å². The van der Waals surface area contributed by atoms with Gasteiger partial charge < -0.3 is 84.5 Å². The first-order valence-electron chi connectivity index (χ1n) is 37.9. The Morgan fingerprint density at radius 3 is 1.95 bits per heavy atom. The number of primary amides is 2. The molecule has 0 radical (unpaired) electrons. The van der Waals surface area contributed by atoms with Crippen molar-refractivity contribution in [2.75, 3.05) is 49.4 Å². The molecule has 19 atom stereocenters. The van der Waals surface area contributed by atoms with E-state index in [4.69, 9.17) is 48.2 Å². The predicted octanol–water partition coefficient (Wildman–Crippen LogP) is 4.02. The van der Waals surface area contributed by atoms with Crippen LogP contribution in [0.4, 0.5) is 18.0 Å². The van der Waals surface area contributed by atoms with Crippen LogP contribution >= 0.6 is 35.1 Å². The highest BCUT2D eigenvalue weighted by Crippen LogP contribution is 2.68. The number of unbranched alkanes of at least 4 members (excludes halogenated alkanes) is 3. The van der Waals surface area contributed by atoms with E-state index in [2.05, 4.69) is 44.2 Å². The van der Waals surface area contributed by atoms with Crippen LogP contribution < -0.4 is 49.5 Å². The van der Waals surface area contributed by atoms with E-state index in [0.29, 0.717) is 88.8 Å². The first-order valence-corrected chi connectivity index (χ1v) is 40.6. The Morgan fingerprint density at radius 2 is 1.33 bits per heavy atom. The van der Waals surface area contributed by atoms with Gasteiger partial charge in [0.2, 0.25) is 41.1 Å². The van der Waals surface area contributed by atoms with E-state index in [1.807, 2.05) is 25.6 Å². The van der Waals surface area contributed by atoms with Crippen molar-refractivity contribution in [3.05, 3.63) is 23.3 Å². The summed E-state index contributed by atoms with van der Waals surface area (Å²) in [6.45, 7) is 6.69. The predicted molar refractivity (Wildman–Crippen MR) is 405 cm³/mol. The van der Waals surface area contributed by atoms with E-state index < -0.39 is 107 Å². The smallest absolute Gasteiger partial charge is 0.475 e. The van der Waals surface area contributed by atoms with Crippen LogP contribution in [-0.2, 0) is 67.0 Å². The van der Waals surface area contributed by atoms with E-state index in [1.165, 1.54) is 12.5 Å². The minimum Gasteiger partial charge on any atom is -0.475 e. The summed E-state index contributed by atoms with van der Waals surface area (Å²) >= 11 is 8.22. The minimum absolute atomic E-state index is 0. The number of nitrogens with one attached hydrogen (secondary N) is 5. The Morgan fingerprint density at radius 1 is 0.736 bits per heavy atom. The van der Waals surface area contributed by atoms with Crippen molar-refractivity contribution in [3.63, 3.8) is 0 Å². The highest BCUT2D eigenvalue weighted by Gasteiger charge is 2.70. The second-order valence-electron chi connectivity index (χ2n) is 31.6. The SMILES string of the molecule is CC(N)=O.C[C@]12CCC(=O)C=C1CC[C@@H]1[C@@H]2[C@@H](O)C[C@@]2(C)[C@H]1CC[C@]2(O)C(=O)COC(=O)CSC[C@H](NC(=O)[C@@H](CCCN=C(N)N)NC(=O)CCCCCNC(=O)CCCC[C@@H]1SC[C@@H]2NC(=O)N[C@@H]21)C(N)=O.C[C@]12C[C@H](O)[C@@H]3C4CCC(=O)C=C4CC[C@H]3[C@@H]1CC[C@]2(O)C(=O)COC(=O)CCl.O=C(O)C(F)(F)F.[HH].[HH].[HH]. The third-order valence-corrected chi connectivity index (χ3v) is 27.5. The maximum absolute atomic E-state index is 13.8. The van der Waals surface area contributed by atoms with E-state index in [9.17, 15) is 91.1 Å². The zero-order chi connectivity index (χ0) is 81.4. The average molecular weight is 1620 g/mol. The number of nitrogens with zero attached hydrogens (tertiary/aromatic N) is 1. The van der Waals surface area contributed by atoms with Crippen molar-refractivity contribution in [3.8, 4) is 0 Å². The molecule has 0 spiro atoms. The van der Waals surface area contributed by atoms with Gasteiger partial charge in [-0.15, -0.1) is 23.4 Å². The van der Waals surface area contributed by atoms with Crippen molar-refractivity contribution in [1.29, 1.82) is 0 Å². The molecule has 18 N–H and O–H groups in total. The molecule has 0 aromatic heterocycles. The van der Waals surface area contributed by atoms with Crippen molar-refractivity contribution in [2.45, 2.75) is 241 Å². The number of carboxylic acids is 1. The number of alkyl halides is 4. The second-order valence-corrected chi connectivity index (χ2v) is 34.1. The zero-order valence-corrected chi connectivity index (χ0v) is 65.2. The monoisotopic (exact) mass is 1620 g/mol. The molecule has 7 amide bonds. The summed E-state index contributed by atoms with van der Waals surface area (Å²) < 4.78 is 42.0. The number of thioether (sulfide) groups is 2. The molecule has 110 heavy (non-hydrogen) atoms. The van der Waals surface area contributed by atoms with Crippen molar-refractivity contribution in [1.82, 2.24) is 26.6 Å². The average Bonchev–Trinajstić information content (AvgIpc) is 1.56. The van der Waals surface area contributed by atoms with Gasteiger partial charge >= 0.3 is 30.1 Å². The number of carboxylic acid groups (broad SMARTS) is 1. The number of hydrogen-bond acceptors (Lipinski definition) is 22. The number of nitrogens with two attached hydrogens (primary N) is 4. The Hall–Kier alpha value is -6.92. The molecule has 0 aromatic carbocycles. The fraction of sp³-hybridized carbons (Fsp3) is 0.757. The fourth-order valence-electron chi connectivity index (χ4n) is 19.4. The van der Waals surface area contributed by atoms with Crippen LogP contribution in [0.5, 0.6) is 0 Å². The molecule has 1 unspecified atom stereocenters. The van der Waals surface area contributed by atoms with Crippen molar-refractivity contribution in [2.24, 2.45) is 85.6 Å². The summed E-state index contributed by atoms with van der Waals surface area (Å²) in [5, 5.41) is 68.0. The molecule has 2 heterocycles. The Labute approximate surface area is 655 Å². The molecule has 10 rings (SSSR count). The minimum atomic E-state index is -5.08. The molecule has 6 saturated carbocycles. The van der Waals surface area contributed by atoms with Gasteiger partial charge in [-0.3, -0.25) is 57.7 Å². The molecule has 0 aromatic rings. The van der Waals surface area contributed by atoms with Gasteiger partial charge in [-0.2, -0.15) is 24.9 Å². The van der Waals surface area contributed by atoms with Gasteiger partial charge in [0, 0.05) is 77.6 Å². The van der Waals surface area contributed by atoms with Crippen LogP contribution in [0, 0.1) is 57.7 Å². The number of hydrogen-bond donors (Lipinski definition) is 14. The largest absolute Gasteiger partial charge is 0.490 e. The van der Waals surface area contributed by atoms with E-state index in [0.717, 1.165) is 74.5 Å². The Balaban J connectivity index is 0.000000513. The second kappa shape index (κ2) is 39.2. The number of amides is 7. The summed E-state index contributed by atoms with van der Waals surface area (Å²) in [6.07, 6.45) is 10.4. The number of aliphatic imine (C=N–C) groups is 1. The van der Waals surface area contributed by atoms with Crippen LogP contribution in [-0.4, -0.2) is 217 Å². The van der Waals surface area contributed by atoms with Crippen LogP contribution in [0.15, 0.2) is 28.3 Å². The number of carbonyl (C=O) groups excluding carboxylic acids is 12. The molecule has 2 aliphatic heterocycles. The quantitative estimate of drug-likeness (QED) is 0.0121. The van der Waals surface area contributed by atoms with Gasteiger partial charge in [0.1, 0.15) is 29.2 Å². The summed E-state index contributed by atoms with van der Waals surface area (Å²) in [6, 6.07) is -2.06. The molecule has 30 nitrogen and oxygen atoms in total. The molecule has 10 aliphatic rings. The standard InChI is InChI=1S/C48H75N9O11S2.C22H29ClO6.C2HF3O2.C2H5NO.3H2/c1-46-17-15-28(58)21-27(46)13-14-29-30-16-18-48(67,47(30,2)22-34(59)40(29)46)36(60)23-68-39(63)26-69-24-33(42(49)64)55-43(65)31(9-8-20-53-44(50)51)54-38(62)12-4-3-7-19-52-37(61)11-6-5-10-35-41-32(25-70-35)56-45(66)57-41;1-21-9-17(25)20-14-5-3-13(24)8-12(14)2-4-15(20)16(21)6-7-22(21,28)18(26)11-29-19(27)10-23;3-2(4,5)1(6)7;1-2(3)4;;;/h21,29-35,40-41,59,67H,3-20,22-26H2,1-2H3,(H2,49,64)(H,52,61)(H,54,62)(H,55,65)(H4,50,51,53)(H2,56,57,66);8,14-17,20,25,28H,2-7,9-11H2,1H3;(H,6,7);1H3,(H2,3,4);3*1H/t29-,30-,31+,32-,33-,34-,35-,40+,41-,46-,47-,48-;14?,15-,16-,17-,20+,21-,22-;;;;;/m00...../s1. The number of urea groups is 1. The third kappa shape index (κ3) is 22.1. The number of esters is 2. The number of allylic oxidation sites excluding steroid dienone is 2. The highest BCUT2D eigenvalue weighted by molar-refractivity contribution is 8.00. The molecule has 2 saturated heterocycles. The number of Topliss-reactive ketones (excluding diaryl/α,β-unsaturated/α-hetero) is 2. The maximum atomic E-state index is 13.8. The van der Waals surface area contributed by atoms with Gasteiger partial charge in [0.05, 0.1) is 30.0 Å². The van der Waals surface area contributed by atoms with Gasteiger partial charge in [0.25, 0.3) is 0 Å². The summed E-state index contributed by atoms with van der Waals surface area (Å²) in [7, 11) is 0. The number of rotatable bonds is 30. The molecular weight excluding hydrogens is 1510 g/mol.